The van der Waals surface area contributed by atoms with Crippen LogP contribution in [0.1, 0.15) is 23.6 Å². The summed E-state index contributed by atoms with van der Waals surface area (Å²) in [7, 11) is 1.56. The number of nitrogens with zero attached hydrogens (tertiary/aromatic N) is 1. The second kappa shape index (κ2) is 4.04. The number of alkyl halides is 3. The van der Waals surface area contributed by atoms with Gasteiger partial charge < -0.3 is 0 Å². The molecule has 0 aliphatic rings. The number of halogens is 3. The molecule has 1 aromatic rings. The molecule has 15 heavy (non-hydrogen) atoms. The van der Waals surface area contributed by atoms with Gasteiger partial charge in [0.2, 0.25) is 0 Å². The summed E-state index contributed by atoms with van der Waals surface area (Å²) in [6, 6.07) is 3.94. The van der Waals surface area contributed by atoms with E-state index < -0.39 is 11.7 Å². The smallest absolute Gasteiger partial charge is 0.293 e. The van der Waals surface area contributed by atoms with Crippen LogP contribution in [0.5, 0.6) is 0 Å². The number of hydrogen-bond acceptors (Lipinski definition) is 1. The molecule has 0 fully saturated rings. The van der Waals surface area contributed by atoms with Gasteiger partial charge in [0, 0.05) is 12.8 Å². The Balaban J connectivity index is 3.29. The summed E-state index contributed by atoms with van der Waals surface area (Å²) < 4.78 is 37.4. The molecule has 0 saturated heterocycles. The summed E-state index contributed by atoms with van der Waals surface area (Å²) in [6.07, 6.45) is -4.30. The maximum atomic E-state index is 12.5. The van der Waals surface area contributed by atoms with Gasteiger partial charge in [-0.25, -0.2) is 0 Å². The first-order valence-electron chi connectivity index (χ1n) is 4.47. The standard InChI is InChI=1S/C11H12F3N/c1-7-4-9(8(2)15-3)6-10(5-7)11(12,13)14/h4-6H,1-3H3/b15-8+. The largest absolute Gasteiger partial charge is 0.416 e. The molecular formula is C11H12F3N. The van der Waals surface area contributed by atoms with Crippen molar-refractivity contribution in [2.45, 2.75) is 20.0 Å². The van der Waals surface area contributed by atoms with Crippen molar-refractivity contribution in [1.82, 2.24) is 0 Å². The topological polar surface area (TPSA) is 12.4 Å². The van der Waals surface area contributed by atoms with E-state index in [2.05, 4.69) is 4.99 Å². The number of hydrogen-bond donors (Lipinski definition) is 0. The fraction of sp³-hybridized carbons (Fsp3) is 0.364. The van der Waals surface area contributed by atoms with E-state index in [4.69, 9.17) is 0 Å². The van der Waals surface area contributed by atoms with E-state index >= 15 is 0 Å². The molecule has 0 radical (unpaired) electrons. The van der Waals surface area contributed by atoms with E-state index in [9.17, 15) is 13.2 Å². The van der Waals surface area contributed by atoms with Crippen molar-refractivity contribution in [3.8, 4) is 0 Å². The third-order valence-electron chi connectivity index (χ3n) is 2.16. The minimum absolute atomic E-state index is 0.518. The van der Waals surface area contributed by atoms with E-state index in [-0.39, 0.29) is 0 Å². The molecule has 0 saturated carbocycles. The highest BCUT2D eigenvalue weighted by atomic mass is 19.4. The van der Waals surface area contributed by atoms with Crippen LogP contribution in [0, 0.1) is 6.92 Å². The molecule has 0 aliphatic heterocycles. The number of aryl methyl sites for hydroxylation is 1. The molecule has 0 atom stereocenters. The summed E-state index contributed by atoms with van der Waals surface area (Å²) in [5.74, 6) is 0. The number of rotatable bonds is 1. The Morgan fingerprint density at radius 3 is 2.27 bits per heavy atom. The summed E-state index contributed by atoms with van der Waals surface area (Å²) in [6.45, 7) is 3.33. The molecule has 0 aromatic heterocycles. The van der Waals surface area contributed by atoms with Crippen LogP contribution >= 0.6 is 0 Å². The lowest BCUT2D eigenvalue weighted by Gasteiger charge is -2.10. The average Bonchev–Trinajstić information content (AvgIpc) is 2.14. The number of aliphatic imine (C=N–C) groups is 1. The first kappa shape index (κ1) is 11.8. The summed E-state index contributed by atoms with van der Waals surface area (Å²) >= 11 is 0. The normalized spacial score (nSPS) is 13.1. The zero-order valence-electron chi connectivity index (χ0n) is 8.81. The van der Waals surface area contributed by atoms with Crippen LogP contribution in [-0.2, 0) is 6.18 Å². The lowest BCUT2D eigenvalue weighted by Crippen LogP contribution is -2.07. The van der Waals surface area contributed by atoms with Gasteiger partial charge in [-0.05, 0) is 37.1 Å². The van der Waals surface area contributed by atoms with E-state index in [1.807, 2.05) is 0 Å². The zero-order valence-corrected chi connectivity index (χ0v) is 8.81. The van der Waals surface area contributed by atoms with Gasteiger partial charge >= 0.3 is 6.18 Å². The summed E-state index contributed by atoms with van der Waals surface area (Å²) in [4.78, 5) is 3.87. The van der Waals surface area contributed by atoms with Crippen molar-refractivity contribution in [2.24, 2.45) is 4.99 Å². The first-order chi connectivity index (χ1) is 6.84. The molecule has 1 rings (SSSR count). The Morgan fingerprint density at radius 2 is 1.80 bits per heavy atom. The molecule has 4 heteroatoms. The Morgan fingerprint density at radius 1 is 1.20 bits per heavy atom. The van der Waals surface area contributed by atoms with Crippen molar-refractivity contribution < 1.29 is 13.2 Å². The number of benzene rings is 1. The molecule has 82 valence electrons. The molecule has 1 aromatic carbocycles. The SMILES string of the molecule is C/N=C(\C)c1cc(C)cc(C(F)(F)F)c1. The van der Waals surface area contributed by atoms with E-state index in [1.54, 1.807) is 27.0 Å². The molecule has 0 N–H and O–H groups in total. The van der Waals surface area contributed by atoms with Crippen molar-refractivity contribution in [3.05, 3.63) is 34.9 Å². The minimum atomic E-state index is -4.30. The quantitative estimate of drug-likeness (QED) is 0.636. The van der Waals surface area contributed by atoms with E-state index in [0.29, 0.717) is 16.8 Å². The lowest BCUT2D eigenvalue weighted by atomic mass is 10.0. The molecule has 0 bridgehead atoms. The second-order valence-electron chi connectivity index (χ2n) is 3.39. The predicted molar refractivity (Wildman–Crippen MR) is 54.3 cm³/mol. The Kier molecular flexibility index (Phi) is 3.17. The Bertz CT molecular complexity index is 391. The molecular weight excluding hydrogens is 203 g/mol. The molecule has 0 unspecified atom stereocenters. The average molecular weight is 215 g/mol. The Hall–Kier alpha value is -1.32. The highest BCUT2D eigenvalue weighted by molar-refractivity contribution is 5.98. The van der Waals surface area contributed by atoms with Crippen molar-refractivity contribution in [1.29, 1.82) is 0 Å². The maximum Gasteiger partial charge on any atom is 0.416 e. The van der Waals surface area contributed by atoms with Crippen LogP contribution in [-0.4, -0.2) is 12.8 Å². The minimum Gasteiger partial charge on any atom is -0.293 e. The van der Waals surface area contributed by atoms with Crippen LogP contribution in [0.15, 0.2) is 23.2 Å². The van der Waals surface area contributed by atoms with Crippen LogP contribution in [0.25, 0.3) is 0 Å². The Labute approximate surface area is 86.6 Å². The lowest BCUT2D eigenvalue weighted by molar-refractivity contribution is -0.137. The van der Waals surface area contributed by atoms with Crippen LogP contribution < -0.4 is 0 Å². The van der Waals surface area contributed by atoms with Crippen molar-refractivity contribution in [2.75, 3.05) is 7.05 Å². The predicted octanol–water partition coefficient (Wildman–Crippen LogP) is 3.45. The van der Waals surface area contributed by atoms with Crippen LogP contribution in [0.3, 0.4) is 0 Å². The van der Waals surface area contributed by atoms with Gasteiger partial charge in [0.05, 0.1) is 5.56 Å². The summed E-state index contributed by atoms with van der Waals surface area (Å²) in [5.41, 5.74) is 1.08. The molecule has 0 heterocycles. The maximum absolute atomic E-state index is 12.5. The van der Waals surface area contributed by atoms with Gasteiger partial charge in [-0.15, -0.1) is 0 Å². The molecule has 0 spiro atoms. The van der Waals surface area contributed by atoms with Gasteiger partial charge in [0.1, 0.15) is 0 Å². The third-order valence-corrected chi connectivity index (χ3v) is 2.16. The van der Waals surface area contributed by atoms with Crippen LogP contribution in [0.2, 0.25) is 0 Å². The van der Waals surface area contributed by atoms with E-state index in [0.717, 1.165) is 12.1 Å². The van der Waals surface area contributed by atoms with Crippen molar-refractivity contribution in [3.63, 3.8) is 0 Å². The monoisotopic (exact) mass is 215 g/mol. The third kappa shape index (κ3) is 2.81. The van der Waals surface area contributed by atoms with Gasteiger partial charge in [0.15, 0.2) is 0 Å². The first-order valence-corrected chi connectivity index (χ1v) is 4.47. The highest BCUT2D eigenvalue weighted by Crippen LogP contribution is 2.30. The van der Waals surface area contributed by atoms with Gasteiger partial charge in [-0.1, -0.05) is 6.07 Å². The fourth-order valence-corrected chi connectivity index (χ4v) is 1.28. The van der Waals surface area contributed by atoms with Gasteiger partial charge in [-0.2, -0.15) is 13.2 Å². The van der Waals surface area contributed by atoms with Crippen molar-refractivity contribution >= 4 is 5.71 Å². The van der Waals surface area contributed by atoms with E-state index in [1.165, 1.54) is 0 Å². The fourth-order valence-electron chi connectivity index (χ4n) is 1.28. The molecule has 0 aliphatic carbocycles. The van der Waals surface area contributed by atoms with Crippen LogP contribution in [0.4, 0.5) is 13.2 Å². The highest BCUT2D eigenvalue weighted by Gasteiger charge is 2.30. The van der Waals surface area contributed by atoms with Gasteiger partial charge in [0.25, 0.3) is 0 Å². The summed E-state index contributed by atoms with van der Waals surface area (Å²) in [5, 5.41) is 0. The zero-order chi connectivity index (χ0) is 11.6. The molecule has 0 amide bonds. The molecule has 1 nitrogen and oxygen atoms in total. The second-order valence-corrected chi connectivity index (χ2v) is 3.39. The van der Waals surface area contributed by atoms with Gasteiger partial charge in [-0.3, -0.25) is 4.99 Å².